The van der Waals surface area contributed by atoms with Crippen molar-refractivity contribution in [1.82, 2.24) is 0 Å². The summed E-state index contributed by atoms with van der Waals surface area (Å²) in [5.41, 5.74) is 0.345. The lowest BCUT2D eigenvalue weighted by Gasteiger charge is -2.14. The molecule has 2 aromatic carbocycles. The highest BCUT2D eigenvalue weighted by Gasteiger charge is 2.39. The van der Waals surface area contributed by atoms with Gasteiger partial charge in [-0.05, 0) is 36.4 Å². The van der Waals surface area contributed by atoms with Crippen LogP contribution in [0.5, 0.6) is 0 Å². The lowest BCUT2D eigenvalue weighted by Crippen LogP contribution is -2.15. The van der Waals surface area contributed by atoms with Crippen molar-refractivity contribution in [2.45, 2.75) is 6.18 Å². The molecule has 0 fully saturated rings. The maximum Gasteiger partial charge on any atom is 0.450 e. The number of carbonyl (C=O) groups excluding carboxylic acids is 1. The molecule has 0 aromatic heterocycles. The largest absolute Gasteiger partial charge is 0.466 e. The molecule has 1 aliphatic heterocycles. The number of hydrogen-bond donors (Lipinski definition) is 1. The summed E-state index contributed by atoms with van der Waals surface area (Å²) in [6, 6.07) is 8.31. The number of anilines is 2. The van der Waals surface area contributed by atoms with E-state index >= 15 is 0 Å². The van der Waals surface area contributed by atoms with Gasteiger partial charge in [0.2, 0.25) is 5.76 Å². The van der Waals surface area contributed by atoms with Crippen LogP contribution >= 0.6 is 0 Å². The normalized spacial score (nSPS) is 14.0. The Hall–Kier alpha value is -3.10. The van der Waals surface area contributed by atoms with Gasteiger partial charge in [0.05, 0.1) is 11.9 Å². The second kappa shape index (κ2) is 6.66. The van der Waals surface area contributed by atoms with Crippen molar-refractivity contribution in [2.75, 3.05) is 16.9 Å². The zero-order chi connectivity index (χ0) is 18.9. The van der Waals surface area contributed by atoms with Crippen molar-refractivity contribution >= 4 is 17.3 Å². The van der Waals surface area contributed by atoms with Gasteiger partial charge in [-0.2, -0.15) is 13.2 Å². The molecule has 4 nitrogen and oxygen atoms in total. The lowest BCUT2D eigenvalue weighted by atomic mass is 10.1. The number of amides is 1. The molecule has 2 aromatic rings. The first kappa shape index (κ1) is 17.7. The van der Waals surface area contributed by atoms with Crippen LogP contribution in [0.4, 0.5) is 33.3 Å². The molecule has 1 aliphatic rings. The Morgan fingerprint density at radius 3 is 2.35 bits per heavy atom. The van der Waals surface area contributed by atoms with Gasteiger partial charge in [-0.3, -0.25) is 4.79 Å². The van der Waals surface area contributed by atoms with Crippen LogP contribution in [0.1, 0.15) is 10.4 Å². The van der Waals surface area contributed by atoms with E-state index in [4.69, 9.17) is 0 Å². The van der Waals surface area contributed by atoms with E-state index in [1.807, 2.05) is 0 Å². The molecule has 26 heavy (non-hydrogen) atoms. The molecule has 0 unspecified atom stereocenters. The number of allylic oxidation sites excluding steroid dienone is 1. The Balaban J connectivity index is 1.71. The maximum absolute atomic E-state index is 13.6. The Morgan fingerprint density at radius 2 is 1.77 bits per heavy atom. The minimum atomic E-state index is -4.58. The van der Waals surface area contributed by atoms with E-state index in [2.05, 4.69) is 10.1 Å². The van der Waals surface area contributed by atoms with E-state index in [9.17, 15) is 26.7 Å². The zero-order valence-corrected chi connectivity index (χ0v) is 13.0. The monoisotopic (exact) mass is 370 g/mol. The summed E-state index contributed by atoms with van der Waals surface area (Å²) in [5, 5.41) is 2.29. The standard InChI is InChI=1S/C17H11F5N2O2/c18-11-3-6-14(13(19)7-11)23-16(25)10-1-4-12(5-2-10)24-8-15(26-9-24)17(20,21)22/h1-8H,9H2,(H,23,25). The van der Waals surface area contributed by atoms with Crippen LogP contribution in [0.3, 0.4) is 0 Å². The fraction of sp³-hybridized carbons (Fsp3) is 0.118. The van der Waals surface area contributed by atoms with Crippen molar-refractivity contribution in [3.63, 3.8) is 0 Å². The number of hydrogen-bond acceptors (Lipinski definition) is 3. The first-order valence-electron chi connectivity index (χ1n) is 7.29. The molecule has 1 N–H and O–H groups in total. The number of ether oxygens (including phenoxy) is 1. The van der Waals surface area contributed by atoms with Crippen molar-refractivity contribution < 1.29 is 31.5 Å². The number of alkyl halides is 3. The Morgan fingerprint density at radius 1 is 1.08 bits per heavy atom. The van der Waals surface area contributed by atoms with Gasteiger partial charge in [0.1, 0.15) is 11.6 Å². The second-order valence-electron chi connectivity index (χ2n) is 5.36. The Kier molecular flexibility index (Phi) is 4.54. The summed E-state index contributed by atoms with van der Waals surface area (Å²) in [6.45, 7) is -0.304. The molecule has 0 saturated heterocycles. The highest BCUT2D eigenvalue weighted by molar-refractivity contribution is 6.04. The smallest absolute Gasteiger partial charge is 0.450 e. The first-order valence-corrected chi connectivity index (χ1v) is 7.29. The third-order valence-electron chi connectivity index (χ3n) is 3.55. The highest BCUT2D eigenvalue weighted by atomic mass is 19.4. The molecular formula is C17H11F5N2O2. The molecule has 1 heterocycles. The quantitative estimate of drug-likeness (QED) is 0.814. The lowest BCUT2D eigenvalue weighted by molar-refractivity contribution is -0.126. The van der Waals surface area contributed by atoms with E-state index < -0.39 is 29.5 Å². The first-order chi connectivity index (χ1) is 12.2. The summed E-state index contributed by atoms with van der Waals surface area (Å²) in [5.74, 6) is -3.45. The van der Waals surface area contributed by atoms with Crippen molar-refractivity contribution in [3.8, 4) is 0 Å². The number of carbonyl (C=O) groups is 1. The van der Waals surface area contributed by atoms with E-state index in [-0.39, 0.29) is 18.0 Å². The van der Waals surface area contributed by atoms with Gasteiger partial charge in [-0.15, -0.1) is 0 Å². The van der Waals surface area contributed by atoms with Gasteiger partial charge in [0.25, 0.3) is 5.91 Å². The van der Waals surface area contributed by atoms with Crippen LogP contribution in [0.2, 0.25) is 0 Å². The zero-order valence-electron chi connectivity index (χ0n) is 13.0. The van der Waals surface area contributed by atoms with Gasteiger partial charge >= 0.3 is 6.18 Å². The topological polar surface area (TPSA) is 41.6 Å². The Bertz CT molecular complexity index is 862. The van der Waals surface area contributed by atoms with Gasteiger partial charge in [-0.1, -0.05) is 0 Å². The van der Waals surface area contributed by atoms with Crippen LogP contribution in [0.25, 0.3) is 0 Å². The molecule has 0 bridgehead atoms. The third kappa shape index (κ3) is 3.76. The number of rotatable bonds is 3. The fourth-order valence-electron chi connectivity index (χ4n) is 2.25. The van der Waals surface area contributed by atoms with Gasteiger partial charge < -0.3 is 15.0 Å². The number of nitrogens with zero attached hydrogens (tertiary/aromatic N) is 1. The molecule has 0 aliphatic carbocycles. The predicted molar refractivity (Wildman–Crippen MR) is 83.3 cm³/mol. The van der Waals surface area contributed by atoms with Crippen LogP contribution in [0.15, 0.2) is 54.4 Å². The number of nitrogens with one attached hydrogen (secondary N) is 1. The molecule has 1 amide bonds. The van der Waals surface area contributed by atoms with Crippen molar-refractivity contribution in [1.29, 1.82) is 0 Å². The molecule has 0 atom stereocenters. The highest BCUT2D eigenvalue weighted by Crippen LogP contribution is 2.32. The fourth-order valence-corrected chi connectivity index (χ4v) is 2.25. The average Bonchev–Trinajstić information content (AvgIpc) is 3.08. The van der Waals surface area contributed by atoms with E-state index in [1.54, 1.807) is 0 Å². The predicted octanol–water partition coefficient (Wildman–Crippen LogP) is 4.41. The average molecular weight is 370 g/mol. The molecule has 0 spiro atoms. The molecule has 136 valence electrons. The number of benzene rings is 2. The summed E-state index contributed by atoms with van der Waals surface area (Å²) in [7, 11) is 0. The minimum Gasteiger partial charge on any atom is -0.466 e. The molecule has 3 rings (SSSR count). The van der Waals surface area contributed by atoms with Crippen LogP contribution in [-0.2, 0) is 4.74 Å². The van der Waals surface area contributed by atoms with Gasteiger partial charge in [-0.25, -0.2) is 8.78 Å². The van der Waals surface area contributed by atoms with E-state index in [0.717, 1.165) is 18.3 Å². The molecule has 0 saturated carbocycles. The maximum atomic E-state index is 13.6. The van der Waals surface area contributed by atoms with Crippen molar-refractivity contribution in [2.24, 2.45) is 0 Å². The molecule has 0 radical (unpaired) electrons. The second-order valence-corrected chi connectivity index (χ2v) is 5.36. The summed E-state index contributed by atoms with van der Waals surface area (Å²) >= 11 is 0. The molecular weight excluding hydrogens is 359 g/mol. The van der Waals surface area contributed by atoms with Gasteiger partial charge in [0, 0.05) is 17.3 Å². The summed E-state index contributed by atoms with van der Waals surface area (Å²) in [4.78, 5) is 13.3. The third-order valence-corrected chi connectivity index (χ3v) is 3.55. The van der Waals surface area contributed by atoms with E-state index in [0.29, 0.717) is 11.8 Å². The van der Waals surface area contributed by atoms with Crippen LogP contribution in [0, 0.1) is 11.6 Å². The van der Waals surface area contributed by atoms with E-state index in [1.165, 1.54) is 29.2 Å². The van der Waals surface area contributed by atoms with Gasteiger partial charge in [0.15, 0.2) is 6.73 Å². The SMILES string of the molecule is O=C(Nc1ccc(F)cc1F)c1ccc(N2C=C(C(F)(F)F)OC2)cc1. The summed E-state index contributed by atoms with van der Waals surface area (Å²) < 4.78 is 68.7. The van der Waals surface area contributed by atoms with Crippen LogP contribution in [-0.4, -0.2) is 18.8 Å². The van der Waals surface area contributed by atoms with Crippen molar-refractivity contribution in [3.05, 3.63) is 71.6 Å². The summed E-state index contributed by atoms with van der Waals surface area (Å²) in [6.07, 6.45) is -3.75. The van der Waals surface area contributed by atoms with Crippen LogP contribution < -0.4 is 10.2 Å². The minimum absolute atomic E-state index is 0.151. The Labute approximate surface area is 144 Å². The number of halogens is 5. The molecule has 9 heteroatoms.